The van der Waals surface area contributed by atoms with Crippen LogP contribution in [0.3, 0.4) is 0 Å². The minimum Gasteiger partial charge on any atom is -0.316 e. The van der Waals surface area contributed by atoms with E-state index < -0.39 is 0 Å². The lowest BCUT2D eigenvalue weighted by Crippen LogP contribution is -2.37. The van der Waals surface area contributed by atoms with Gasteiger partial charge in [-0.2, -0.15) is 0 Å². The Morgan fingerprint density at radius 1 is 1.29 bits per heavy atom. The number of aryl methyl sites for hydroxylation is 2. The Morgan fingerprint density at radius 3 is 2.76 bits per heavy atom. The smallest absolute Gasteiger partial charge is 0.0348 e. The summed E-state index contributed by atoms with van der Waals surface area (Å²) in [4.78, 5) is 2.73. The van der Waals surface area contributed by atoms with Gasteiger partial charge in [-0.3, -0.25) is 4.90 Å². The third-order valence-electron chi connectivity index (χ3n) is 5.32. The number of rotatable bonds is 3. The Labute approximate surface area is 135 Å². The summed E-state index contributed by atoms with van der Waals surface area (Å²) in [6.07, 6.45) is 4.00. The number of likely N-dealkylation sites (tertiary alicyclic amines) is 1. The van der Waals surface area contributed by atoms with Crippen molar-refractivity contribution in [3.8, 4) is 0 Å². The van der Waals surface area contributed by atoms with E-state index in [0.29, 0.717) is 11.5 Å². The molecule has 0 aromatic heterocycles. The van der Waals surface area contributed by atoms with Gasteiger partial charge in [0.05, 0.1) is 0 Å². The van der Waals surface area contributed by atoms with E-state index in [-0.39, 0.29) is 12.4 Å². The van der Waals surface area contributed by atoms with E-state index in [0.717, 1.165) is 0 Å². The molecule has 3 rings (SSSR count). The highest BCUT2D eigenvalue weighted by Gasteiger charge is 2.35. The van der Waals surface area contributed by atoms with E-state index in [1.807, 2.05) is 0 Å². The van der Waals surface area contributed by atoms with E-state index in [2.05, 4.69) is 49.2 Å². The molecule has 0 spiro atoms. The van der Waals surface area contributed by atoms with Gasteiger partial charge in [0.2, 0.25) is 0 Å². The van der Waals surface area contributed by atoms with Crippen LogP contribution in [0.2, 0.25) is 0 Å². The number of nitrogens with zero attached hydrogens (tertiary/aromatic N) is 1. The monoisotopic (exact) mass is 308 g/mol. The van der Waals surface area contributed by atoms with Crippen molar-refractivity contribution in [2.75, 3.05) is 26.2 Å². The molecule has 2 fully saturated rings. The predicted octanol–water partition coefficient (Wildman–Crippen LogP) is 3.86. The fourth-order valence-corrected chi connectivity index (χ4v) is 3.86. The third kappa shape index (κ3) is 3.61. The van der Waals surface area contributed by atoms with Gasteiger partial charge in [-0.15, -0.1) is 12.4 Å². The SMILES string of the molecule is Cc1ccc(C2CCCN2CC2(C)CCNC2)cc1C.Cl. The van der Waals surface area contributed by atoms with Crippen molar-refractivity contribution < 1.29 is 0 Å². The molecule has 2 aliphatic heterocycles. The molecular formula is C18H29ClN2. The molecule has 2 atom stereocenters. The zero-order valence-corrected chi connectivity index (χ0v) is 14.4. The Balaban J connectivity index is 0.00000161. The largest absolute Gasteiger partial charge is 0.316 e. The molecule has 3 heteroatoms. The second-order valence-corrected chi connectivity index (χ2v) is 7.21. The summed E-state index contributed by atoms with van der Waals surface area (Å²) in [7, 11) is 0. The van der Waals surface area contributed by atoms with Crippen molar-refractivity contribution >= 4 is 12.4 Å². The second kappa shape index (κ2) is 6.68. The van der Waals surface area contributed by atoms with Gasteiger partial charge in [-0.05, 0) is 68.3 Å². The van der Waals surface area contributed by atoms with Crippen molar-refractivity contribution in [2.24, 2.45) is 5.41 Å². The first kappa shape index (κ1) is 16.8. The van der Waals surface area contributed by atoms with Crippen molar-refractivity contribution in [1.29, 1.82) is 0 Å². The van der Waals surface area contributed by atoms with Gasteiger partial charge >= 0.3 is 0 Å². The Bertz CT molecular complexity index is 480. The highest BCUT2D eigenvalue weighted by atomic mass is 35.5. The highest BCUT2D eigenvalue weighted by molar-refractivity contribution is 5.85. The van der Waals surface area contributed by atoms with Gasteiger partial charge in [0.25, 0.3) is 0 Å². The number of hydrogen-bond acceptors (Lipinski definition) is 2. The number of halogens is 1. The molecule has 1 aromatic rings. The minimum atomic E-state index is 0. The number of nitrogens with one attached hydrogen (secondary N) is 1. The van der Waals surface area contributed by atoms with Gasteiger partial charge < -0.3 is 5.32 Å². The molecule has 2 aliphatic rings. The highest BCUT2D eigenvalue weighted by Crippen LogP contribution is 2.36. The summed E-state index contributed by atoms with van der Waals surface area (Å²) < 4.78 is 0. The molecule has 2 unspecified atom stereocenters. The van der Waals surface area contributed by atoms with Crippen molar-refractivity contribution in [3.05, 3.63) is 34.9 Å². The lowest BCUT2D eigenvalue weighted by Gasteiger charge is -2.33. The zero-order chi connectivity index (χ0) is 14.2. The summed E-state index contributed by atoms with van der Waals surface area (Å²) in [5.41, 5.74) is 4.84. The van der Waals surface area contributed by atoms with Crippen molar-refractivity contribution in [3.63, 3.8) is 0 Å². The third-order valence-corrected chi connectivity index (χ3v) is 5.32. The van der Waals surface area contributed by atoms with E-state index >= 15 is 0 Å². The van der Waals surface area contributed by atoms with Crippen LogP contribution < -0.4 is 5.32 Å². The van der Waals surface area contributed by atoms with E-state index in [1.165, 1.54) is 62.1 Å². The van der Waals surface area contributed by atoms with Crippen molar-refractivity contribution in [2.45, 2.75) is 46.1 Å². The first-order valence-corrected chi connectivity index (χ1v) is 8.09. The van der Waals surface area contributed by atoms with Crippen molar-refractivity contribution in [1.82, 2.24) is 10.2 Å². The maximum atomic E-state index is 3.53. The fraction of sp³-hybridized carbons (Fsp3) is 0.667. The topological polar surface area (TPSA) is 15.3 Å². The van der Waals surface area contributed by atoms with Crippen LogP contribution in [-0.2, 0) is 0 Å². The molecule has 2 saturated heterocycles. The first-order chi connectivity index (χ1) is 9.57. The van der Waals surface area contributed by atoms with Crippen LogP contribution in [-0.4, -0.2) is 31.1 Å². The summed E-state index contributed by atoms with van der Waals surface area (Å²) in [5.74, 6) is 0. The summed E-state index contributed by atoms with van der Waals surface area (Å²) >= 11 is 0. The maximum Gasteiger partial charge on any atom is 0.0348 e. The van der Waals surface area contributed by atoms with Gasteiger partial charge in [-0.1, -0.05) is 25.1 Å². The predicted molar refractivity (Wildman–Crippen MR) is 92.3 cm³/mol. The molecule has 0 bridgehead atoms. The number of benzene rings is 1. The molecular weight excluding hydrogens is 280 g/mol. The average molecular weight is 309 g/mol. The molecule has 21 heavy (non-hydrogen) atoms. The fourth-order valence-electron chi connectivity index (χ4n) is 3.86. The molecule has 1 N–H and O–H groups in total. The molecule has 1 aromatic carbocycles. The molecule has 0 radical (unpaired) electrons. The average Bonchev–Trinajstić information content (AvgIpc) is 3.03. The van der Waals surface area contributed by atoms with E-state index in [4.69, 9.17) is 0 Å². The Kier molecular flexibility index (Phi) is 5.34. The standard InChI is InChI=1S/C18H28N2.ClH/c1-14-6-7-16(11-15(14)2)17-5-4-10-20(17)13-18(3)8-9-19-12-18;/h6-7,11,17,19H,4-5,8-10,12-13H2,1-3H3;1H. The van der Waals surface area contributed by atoms with Crippen LogP contribution >= 0.6 is 12.4 Å². The molecule has 2 nitrogen and oxygen atoms in total. The maximum absolute atomic E-state index is 3.53. The Hall–Kier alpha value is -0.570. The lowest BCUT2D eigenvalue weighted by atomic mass is 9.88. The van der Waals surface area contributed by atoms with Crippen LogP contribution in [0.5, 0.6) is 0 Å². The molecule has 0 saturated carbocycles. The summed E-state index contributed by atoms with van der Waals surface area (Å²) in [5, 5.41) is 3.53. The van der Waals surface area contributed by atoms with E-state index in [9.17, 15) is 0 Å². The molecule has 118 valence electrons. The van der Waals surface area contributed by atoms with Crippen LogP contribution in [0, 0.1) is 19.3 Å². The normalized spacial score (nSPS) is 29.6. The number of hydrogen-bond donors (Lipinski definition) is 1. The second-order valence-electron chi connectivity index (χ2n) is 7.21. The quantitative estimate of drug-likeness (QED) is 0.912. The van der Waals surface area contributed by atoms with Gasteiger partial charge in [-0.25, -0.2) is 0 Å². The van der Waals surface area contributed by atoms with Crippen LogP contribution in [0.4, 0.5) is 0 Å². The lowest BCUT2D eigenvalue weighted by molar-refractivity contribution is 0.165. The van der Waals surface area contributed by atoms with Crippen LogP contribution in [0.15, 0.2) is 18.2 Å². The van der Waals surface area contributed by atoms with E-state index in [1.54, 1.807) is 0 Å². The Morgan fingerprint density at radius 2 is 2.10 bits per heavy atom. The minimum absolute atomic E-state index is 0. The molecule has 0 amide bonds. The van der Waals surface area contributed by atoms with Crippen LogP contribution in [0.25, 0.3) is 0 Å². The van der Waals surface area contributed by atoms with Gasteiger partial charge in [0.1, 0.15) is 0 Å². The van der Waals surface area contributed by atoms with Crippen LogP contribution in [0.1, 0.15) is 48.9 Å². The molecule has 0 aliphatic carbocycles. The summed E-state index contributed by atoms with van der Waals surface area (Å²) in [6.45, 7) is 11.8. The zero-order valence-electron chi connectivity index (χ0n) is 13.6. The van der Waals surface area contributed by atoms with Gasteiger partial charge in [0, 0.05) is 19.1 Å². The molecule has 2 heterocycles. The summed E-state index contributed by atoms with van der Waals surface area (Å²) in [6, 6.07) is 7.69. The first-order valence-electron chi connectivity index (χ1n) is 8.09. The van der Waals surface area contributed by atoms with Gasteiger partial charge in [0.15, 0.2) is 0 Å².